The average Bonchev–Trinajstić information content (AvgIpc) is 3.21. The highest BCUT2D eigenvalue weighted by atomic mass is 16.2. The van der Waals surface area contributed by atoms with Crippen molar-refractivity contribution in [1.82, 2.24) is 19.7 Å². The Morgan fingerprint density at radius 1 is 1.16 bits per heavy atom. The number of nitrogens with zero attached hydrogens (tertiary/aromatic N) is 4. The highest BCUT2D eigenvalue weighted by Gasteiger charge is 2.24. The van der Waals surface area contributed by atoms with Gasteiger partial charge in [-0.25, -0.2) is 9.67 Å². The first-order chi connectivity index (χ1) is 12.2. The van der Waals surface area contributed by atoms with Crippen molar-refractivity contribution in [2.75, 3.05) is 13.1 Å². The van der Waals surface area contributed by atoms with E-state index in [2.05, 4.69) is 58.6 Å². The lowest BCUT2D eigenvalue weighted by atomic mass is 9.94. The van der Waals surface area contributed by atoms with Crippen LogP contribution in [0.1, 0.15) is 24.9 Å². The van der Waals surface area contributed by atoms with Gasteiger partial charge in [-0.1, -0.05) is 48.5 Å². The summed E-state index contributed by atoms with van der Waals surface area (Å²) < 4.78 is 1.60. The second-order valence-electron chi connectivity index (χ2n) is 6.34. The van der Waals surface area contributed by atoms with Crippen molar-refractivity contribution in [2.45, 2.75) is 19.4 Å². The van der Waals surface area contributed by atoms with E-state index in [-0.39, 0.29) is 11.9 Å². The van der Waals surface area contributed by atoms with Crippen LogP contribution in [-0.2, 0) is 4.79 Å². The maximum atomic E-state index is 12.7. The zero-order valence-electron chi connectivity index (χ0n) is 14.2. The Morgan fingerprint density at radius 3 is 2.76 bits per heavy atom. The molecule has 0 N–H and O–H groups in total. The van der Waals surface area contributed by atoms with Gasteiger partial charge in [0, 0.05) is 13.1 Å². The first-order valence-corrected chi connectivity index (χ1v) is 8.54. The number of fused-ring (bicyclic) bond motifs is 1. The van der Waals surface area contributed by atoms with E-state index >= 15 is 0 Å². The van der Waals surface area contributed by atoms with Crippen molar-refractivity contribution in [2.24, 2.45) is 0 Å². The zero-order valence-corrected chi connectivity index (χ0v) is 14.2. The fourth-order valence-electron chi connectivity index (χ4n) is 3.41. The van der Waals surface area contributed by atoms with Crippen molar-refractivity contribution < 1.29 is 4.79 Å². The lowest BCUT2D eigenvalue weighted by Gasteiger charge is -2.29. The number of amides is 1. The third-order valence-corrected chi connectivity index (χ3v) is 4.85. The van der Waals surface area contributed by atoms with E-state index in [9.17, 15) is 4.79 Å². The Morgan fingerprint density at radius 2 is 2.00 bits per heavy atom. The molecule has 25 heavy (non-hydrogen) atoms. The summed E-state index contributed by atoms with van der Waals surface area (Å²) in [6, 6.07) is 14.5. The number of carbonyl (C=O) groups excluding carboxylic acids is 1. The third kappa shape index (κ3) is 2.93. The molecule has 3 aromatic rings. The van der Waals surface area contributed by atoms with Gasteiger partial charge in [-0.3, -0.25) is 4.79 Å². The van der Waals surface area contributed by atoms with Gasteiger partial charge in [-0.05, 0) is 35.3 Å². The predicted octanol–water partition coefficient (Wildman–Crippen LogP) is 3.31. The molecule has 0 radical (unpaired) electrons. The second-order valence-corrected chi connectivity index (χ2v) is 6.34. The van der Waals surface area contributed by atoms with E-state index in [1.54, 1.807) is 11.0 Å². The molecular weight excluding hydrogens is 312 g/mol. The van der Waals surface area contributed by atoms with Gasteiger partial charge in [0.2, 0.25) is 5.91 Å². The van der Waals surface area contributed by atoms with Gasteiger partial charge in [0.1, 0.15) is 18.7 Å². The summed E-state index contributed by atoms with van der Waals surface area (Å²) in [6.07, 6.45) is 6.09. The molecule has 1 unspecified atom stereocenters. The molecule has 0 bridgehead atoms. The summed E-state index contributed by atoms with van der Waals surface area (Å²) in [4.78, 5) is 18.5. The summed E-state index contributed by atoms with van der Waals surface area (Å²) in [5, 5.41) is 6.59. The highest BCUT2D eigenvalue weighted by molar-refractivity contribution is 5.94. The van der Waals surface area contributed by atoms with E-state index in [0.29, 0.717) is 6.54 Å². The molecule has 2 aromatic carbocycles. The van der Waals surface area contributed by atoms with Crippen LogP contribution in [0.5, 0.6) is 0 Å². The lowest BCUT2D eigenvalue weighted by Crippen LogP contribution is -2.39. The predicted molar refractivity (Wildman–Crippen MR) is 97.9 cm³/mol. The SMILES string of the molecule is CC(C(=O)N1CC=C(c2cccc3ccccc23)CC1)n1cncn1. The average molecular weight is 332 g/mol. The Labute approximate surface area is 146 Å². The first-order valence-electron chi connectivity index (χ1n) is 8.54. The normalized spacial score (nSPS) is 15.9. The number of benzene rings is 2. The molecule has 0 fully saturated rings. The number of aromatic nitrogens is 3. The highest BCUT2D eigenvalue weighted by Crippen LogP contribution is 2.29. The van der Waals surface area contributed by atoms with Crippen molar-refractivity contribution in [3.63, 3.8) is 0 Å². The Bertz CT molecular complexity index is 925. The quantitative estimate of drug-likeness (QED) is 0.739. The Hall–Kier alpha value is -2.95. The Balaban J connectivity index is 1.55. The first kappa shape index (κ1) is 15.6. The molecule has 1 aliphatic heterocycles. The van der Waals surface area contributed by atoms with Crippen LogP contribution in [0, 0.1) is 0 Å². The molecule has 5 nitrogen and oxygen atoms in total. The van der Waals surface area contributed by atoms with Crippen molar-refractivity contribution in [3.8, 4) is 0 Å². The molecule has 4 rings (SSSR count). The molecule has 126 valence electrons. The minimum absolute atomic E-state index is 0.0821. The number of carbonyl (C=O) groups is 1. The summed E-state index contributed by atoms with van der Waals surface area (Å²) in [7, 11) is 0. The van der Waals surface area contributed by atoms with Gasteiger partial charge in [0.15, 0.2) is 0 Å². The van der Waals surface area contributed by atoms with Gasteiger partial charge in [-0.15, -0.1) is 0 Å². The van der Waals surface area contributed by atoms with Gasteiger partial charge in [0.25, 0.3) is 0 Å². The van der Waals surface area contributed by atoms with E-state index in [0.717, 1.165) is 13.0 Å². The van der Waals surface area contributed by atoms with Crippen LogP contribution in [-0.4, -0.2) is 38.7 Å². The third-order valence-electron chi connectivity index (χ3n) is 4.85. The minimum Gasteiger partial charge on any atom is -0.337 e. The van der Waals surface area contributed by atoms with Crippen molar-refractivity contribution in [3.05, 3.63) is 66.8 Å². The summed E-state index contributed by atoms with van der Waals surface area (Å²) in [6.45, 7) is 3.23. The lowest BCUT2D eigenvalue weighted by molar-refractivity contribution is -0.134. The topological polar surface area (TPSA) is 51.0 Å². The van der Waals surface area contributed by atoms with Crippen LogP contribution < -0.4 is 0 Å². The van der Waals surface area contributed by atoms with Crippen molar-refractivity contribution >= 4 is 22.3 Å². The maximum absolute atomic E-state index is 12.7. The molecule has 0 saturated carbocycles. The van der Waals surface area contributed by atoms with Gasteiger partial charge in [-0.2, -0.15) is 5.10 Å². The van der Waals surface area contributed by atoms with E-state index in [4.69, 9.17) is 0 Å². The fraction of sp³-hybridized carbons (Fsp3) is 0.250. The zero-order chi connectivity index (χ0) is 17.2. The molecule has 1 aromatic heterocycles. The van der Waals surface area contributed by atoms with Crippen LogP contribution in [0.15, 0.2) is 61.2 Å². The largest absolute Gasteiger partial charge is 0.337 e. The molecule has 0 saturated heterocycles. The maximum Gasteiger partial charge on any atom is 0.247 e. The van der Waals surface area contributed by atoms with Gasteiger partial charge < -0.3 is 4.90 Å². The van der Waals surface area contributed by atoms with Crippen LogP contribution >= 0.6 is 0 Å². The van der Waals surface area contributed by atoms with Crippen LogP contribution in [0.3, 0.4) is 0 Å². The molecule has 1 atom stereocenters. The molecule has 1 aliphatic rings. The van der Waals surface area contributed by atoms with Crippen molar-refractivity contribution in [1.29, 1.82) is 0 Å². The van der Waals surface area contributed by atoms with E-state index in [1.165, 1.54) is 28.2 Å². The molecule has 2 heterocycles. The molecule has 1 amide bonds. The van der Waals surface area contributed by atoms with Crippen LogP contribution in [0.25, 0.3) is 16.3 Å². The molecule has 0 aliphatic carbocycles. The Kier molecular flexibility index (Phi) is 4.06. The van der Waals surface area contributed by atoms with E-state index in [1.807, 2.05) is 11.8 Å². The minimum atomic E-state index is -0.324. The molecule has 0 spiro atoms. The second kappa shape index (κ2) is 6.51. The summed E-state index contributed by atoms with van der Waals surface area (Å²) in [5.41, 5.74) is 2.59. The summed E-state index contributed by atoms with van der Waals surface area (Å²) in [5.74, 6) is 0.0821. The van der Waals surface area contributed by atoms with Crippen LogP contribution in [0.4, 0.5) is 0 Å². The molecule has 5 heteroatoms. The monoisotopic (exact) mass is 332 g/mol. The number of hydrogen-bond acceptors (Lipinski definition) is 3. The number of hydrogen-bond donors (Lipinski definition) is 0. The number of rotatable bonds is 3. The van der Waals surface area contributed by atoms with E-state index < -0.39 is 0 Å². The van der Waals surface area contributed by atoms with Gasteiger partial charge >= 0.3 is 0 Å². The smallest absolute Gasteiger partial charge is 0.247 e. The van der Waals surface area contributed by atoms with Crippen LogP contribution in [0.2, 0.25) is 0 Å². The molecular formula is C20H20N4O. The summed E-state index contributed by atoms with van der Waals surface area (Å²) >= 11 is 0. The fourth-order valence-corrected chi connectivity index (χ4v) is 3.41. The van der Waals surface area contributed by atoms with Gasteiger partial charge in [0.05, 0.1) is 0 Å². The standard InChI is InChI=1S/C20H20N4O/c1-15(24-14-21-13-22-24)20(25)23-11-9-17(10-12-23)19-8-4-6-16-5-2-3-7-18(16)19/h2-9,13-15H,10-12H2,1H3.